The summed E-state index contributed by atoms with van der Waals surface area (Å²) in [7, 11) is 0. The van der Waals surface area contributed by atoms with Gasteiger partial charge in [-0.25, -0.2) is 4.79 Å². The monoisotopic (exact) mass is 479 g/mol. The van der Waals surface area contributed by atoms with E-state index in [1.807, 2.05) is 105 Å². The second-order valence-corrected chi connectivity index (χ2v) is 9.64. The van der Waals surface area contributed by atoms with Crippen molar-refractivity contribution in [1.29, 1.82) is 0 Å². The van der Waals surface area contributed by atoms with Gasteiger partial charge in [0.25, 0.3) is 5.91 Å². The maximum Gasteiger partial charge on any atom is 0.323 e. The van der Waals surface area contributed by atoms with Gasteiger partial charge in [-0.15, -0.1) is 0 Å². The molecule has 1 heterocycles. The van der Waals surface area contributed by atoms with Gasteiger partial charge in [0.2, 0.25) is 0 Å². The first-order chi connectivity index (χ1) is 17.0. The quantitative estimate of drug-likeness (QED) is 0.324. The molecule has 0 spiro atoms. The Morgan fingerprint density at radius 1 is 0.829 bits per heavy atom. The molecule has 0 fully saturated rings. The molecule has 0 aliphatic carbocycles. The molecular formula is C29H25N3O2S. The third-order valence-corrected chi connectivity index (χ3v) is 7.04. The Morgan fingerprint density at radius 2 is 1.60 bits per heavy atom. The van der Waals surface area contributed by atoms with Crippen LogP contribution in [0, 0.1) is 13.8 Å². The van der Waals surface area contributed by atoms with E-state index in [-0.39, 0.29) is 11.9 Å². The number of nitrogens with zero attached hydrogens (tertiary/aromatic N) is 1. The van der Waals surface area contributed by atoms with Crippen LogP contribution in [-0.2, 0) is 6.54 Å². The third kappa shape index (κ3) is 4.93. The van der Waals surface area contributed by atoms with Crippen LogP contribution in [-0.4, -0.2) is 11.9 Å². The van der Waals surface area contributed by atoms with Gasteiger partial charge in [-0.3, -0.25) is 4.79 Å². The number of anilines is 3. The Labute approximate surface area is 209 Å². The van der Waals surface area contributed by atoms with Crippen LogP contribution in [0.15, 0.2) is 101 Å². The Balaban J connectivity index is 1.47. The minimum Gasteiger partial charge on any atom is -0.308 e. The van der Waals surface area contributed by atoms with Gasteiger partial charge >= 0.3 is 6.03 Å². The second-order valence-electron chi connectivity index (χ2n) is 8.56. The lowest BCUT2D eigenvalue weighted by molar-refractivity contribution is 0.0982. The number of amides is 3. The molecule has 0 saturated carbocycles. The molecule has 5 nitrogen and oxygen atoms in total. The van der Waals surface area contributed by atoms with Gasteiger partial charge in [-0.05, 0) is 61.4 Å². The van der Waals surface area contributed by atoms with E-state index >= 15 is 0 Å². The molecule has 4 aromatic rings. The van der Waals surface area contributed by atoms with Crippen molar-refractivity contribution in [2.75, 3.05) is 15.5 Å². The minimum absolute atomic E-state index is 0.0624. The Hall–Kier alpha value is -4.03. The molecule has 0 atom stereocenters. The van der Waals surface area contributed by atoms with Gasteiger partial charge in [0, 0.05) is 21.2 Å². The average Bonchev–Trinajstić information content (AvgIpc) is 2.96. The van der Waals surface area contributed by atoms with Crippen molar-refractivity contribution in [3.63, 3.8) is 0 Å². The summed E-state index contributed by atoms with van der Waals surface area (Å²) >= 11 is 1.56. The van der Waals surface area contributed by atoms with Crippen LogP contribution in [0.1, 0.15) is 27.0 Å². The van der Waals surface area contributed by atoms with E-state index in [0.29, 0.717) is 17.8 Å². The summed E-state index contributed by atoms with van der Waals surface area (Å²) in [5, 5.41) is 5.84. The van der Waals surface area contributed by atoms with Gasteiger partial charge in [0.1, 0.15) is 0 Å². The summed E-state index contributed by atoms with van der Waals surface area (Å²) in [6, 6.07) is 28.8. The smallest absolute Gasteiger partial charge is 0.308 e. The van der Waals surface area contributed by atoms with Gasteiger partial charge in [0.15, 0.2) is 0 Å². The molecule has 4 aromatic carbocycles. The lowest BCUT2D eigenvalue weighted by Gasteiger charge is -2.24. The summed E-state index contributed by atoms with van der Waals surface area (Å²) in [6.07, 6.45) is 0. The van der Waals surface area contributed by atoms with E-state index in [1.54, 1.807) is 16.7 Å². The van der Waals surface area contributed by atoms with E-state index in [0.717, 1.165) is 37.9 Å². The normalized spacial score (nSPS) is 12.4. The van der Waals surface area contributed by atoms with Crippen LogP contribution in [0.5, 0.6) is 0 Å². The van der Waals surface area contributed by atoms with Gasteiger partial charge in [-0.2, -0.15) is 0 Å². The predicted molar refractivity (Wildman–Crippen MR) is 143 cm³/mol. The highest BCUT2D eigenvalue weighted by molar-refractivity contribution is 7.99. The van der Waals surface area contributed by atoms with Crippen molar-refractivity contribution in [1.82, 2.24) is 0 Å². The number of benzene rings is 4. The number of rotatable bonds is 4. The summed E-state index contributed by atoms with van der Waals surface area (Å²) in [5.41, 5.74) is 5.98. The molecule has 0 aromatic heterocycles. The molecule has 0 radical (unpaired) electrons. The fourth-order valence-corrected chi connectivity index (χ4v) is 5.22. The fraction of sp³-hybridized carbons (Fsp3) is 0.103. The highest BCUT2D eigenvalue weighted by atomic mass is 32.2. The second kappa shape index (κ2) is 9.68. The van der Waals surface area contributed by atoms with E-state index in [2.05, 4.69) is 10.6 Å². The first-order valence-electron chi connectivity index (χ1n) is 11.4. The van der Waals surface area contributed by atoms with Gasteiger partial charge < -0.3 is 15.5 Å². The maximum absolute atomic E-state index is 13.7. The van der Waals surface area contributed by atoms with Crippen molar-refractivity contribution in [2.24, 2.45) is 0 Å². The fourth-order valence-electron chi connectivity index (χ4n) is 4.16. The van der Waals surface area contributed by atoms with Crippen molar-refractivity contribution in [3.05, 3.63) is 113 Å². The number of carbonyl (C=O) groups is 2. The Bertz CT molecular complexity index is 1420. The van der Waals surface area contributed by atoms with Gasteiger partial charge in [-0.1, -0.05) is 71.9 Å². The number of fused-ring (bicyclic) bond motifs is 2. The van der Waals surface area contributed by atoms with Crippen LogP contribution in [0.2, 0.25) is 0 Å². The molecule has 1 aliphatic heterocycles. The van der Waals surface area contributed by atoms with Crippen LogP contribution < -0.4 is 15.5 Å². The average molecular weight is 480 g/mol. The standard InChI is InChI=1S/C29H25N3O2S/c1-19-12-14-24(20(2)16-19)31-29(34)30-22-13-15-27-25(17-22)32(18-21-8-4-3-5-9-21)28(33)23-10-6-7-11-26(23)35-27/h3-17H,18H2,1-2H3,(H2,30,31,34). The predicted octanol–water partition coefficient (Wildman–Crippen LogP) is 7.26. The van der Waals surface area contributed by atoms with Crippen LogP contribution >= 0.6 is 11.8 Å². The number of aryl methyl sites for hydroxylation is 2. The number of carbonyl (C=O) groups excluding carboxylic acids is 2. The van der Waals surface area contributed by atoms with Crippen molar-refractivity contribution in [2.45, 2.75) is 30.2 Å². The molecule has 3 amide bonds. The zero-order chi connectivity index (χ0) is 24.4. The topological polar surface area (TPSA) is 61.4 Å². The highest BCUT2D eigenvalue weighted by Crippen LogP contribution is 2.43. The van der Waals surface area contributed by atoms with E-state index in [9.17, 15) is 9.59 Å². The summed E-state index contributed by atoms with van der Waals surface area (Å²) < 4.78 is 0. The number of hydrogen-bond acceptors (Lipinski definition) is 3. The maximum atomic E-state index is 13.7. The lowest BCUT2D eigenvalue weighted by atomic mass is 10.1. The summed E-state index contributed by atoms with van der Waals surface area (Å²) in [6.45, 7) is 4.41. The first-order valence-corrected chi connectivity index (χ1v) is 12.2. The first kappa shape index (κ1) is 22.7. The molecule has 35 heavy (non-hydrogen) atoms. The van der Waals surface area contributed by atoms with Crippen LogP contribution in [0.25, 0.3) is 0 Å². The molecule has 0 saturated heterocycles. The largest absolute Gasteiger partial charge is 0.323 e. The zero-order valence-electron chi connectivity index (χ0n) is 19.5. The van der Waals surface area contributed by atoms with Crippen molar-refractivity contribution >= 4 is 40.8 Å². The Morgan fingerprint density at radius 3 is 2.40 bits per heavy atom. The minimum atomic E-state index is -0.331. The molecule has 0 bridgehead atoms. The van der Waals surface area contributed by atoms with E-state index in [4.69, 9.17) is 0 Å². The lowest BCUT2D eigenvalue weighted by Crippen LogP contribution is -2.30. The molecule has 5 rings (SSSR count). The highest BCUT2D eigenvalue weighted by Gasteiger charge is 2.27. The number of nitrogens with one attached hydrogen (secondary N) is 2. The zero-order valence-corrected chi connectivity index (χ0v) is 20.4. The molecule has 6 heteroatoms. The molecular weight excluding hydrogens is 454 g/mol. The van der Waals surface area contributed by atoms with Crippen LogP contribution in [0.3, 0.4) is 0 Å². The SMILES string of the molecule is Cc1ccc(NC(=O)Nc2ccc3c(c2)N(Cc2ccccc2)C(=O)c2ccccc2S3)c(C)c1. The van der Waals surface area contributed by atoms with E-state index in [1.165, 1.54) is 0 Å². The van der Waals surface area contributed by atoms with Crippen LogP contribution in [0.4, 0.5) is 21.9 Å². The number of urea groups is 1. The van der Waals surface area contributed by atoms with Gasteiger partial charge in [0.05, 0.1) is 17.8 Å². The van der Waals surface area contributed by atoms with E-state index < -0.39 is 0 Å². The molecule has 2 N–H and O–H groups in total. The molecule has 1 aliphatic rings. The summed E-state index contributed by atoms with van der Waals surface area (Å²) in [4.78, 5) is 30.1. The Kier molecular flexibility index (Phi) is 6.29. The summed E-state index contributed by atoms with van der Waals surface area (Å²) in [5.74, 6) is -0.0624. The molecule has 0 unspecified atom stereocenters. The number of hydrogen-bond donors (Lipinski definition) is 2. The third-order valence-electron chi connectivity index (χ3n) is 5.90. The van der Waals surface area contributed by atoms with Crippen molar-refractivity contribution < 1.29 is 9.59 Å². The van der Waals surface area contributed by atoms with Crippen molar-refractivity contribution in [3.8, 4) is 0 Å². The molecule has 174 valence electrons.